The molecule has 1 aromatic heterocycles. The van der Waals surface area contributed by atoms with Gasteiger partial charge >= 0.3 is 5.97 Å². The highest BCUT2D eigenvalue weighted by molar-refractivity contribution is 9.10. The Balaban J connectivity index is 2.53. The summed E-state index contributed by atoms with van der Waals surface area (Å²) in [5, 5.41) is 22.1. The lowest BCUT2D eigenvalue weighted by Crippen LogP contribution is -2.02. The average Bonchev–Trinajstić information content (AvgIpc) is 2.60. The van der Waals surface area contributed by atoms with Gasteiger partial charge in [-0.25, -0.2) is 9.48 Å². The number of carbonyl (C=O) groups is 1. The minimum Gasteiger partial charge on any atom is -0.504 e. The lowest BCUT2D eigenvalue weighted by atomic mass is 10.2. The van der Waals surface area contributed by atoms with Crippen molar-refractivity contribution in [1.82, 2.24) is 9.78 Å². The number of aryl methyl sites for hydroxylation is 1. The van der Waals surface area contributed by atoms with Crippen LogP contribution in [0.2, 0.25) is 0 Å². The van der Waals surface area contributed by atoms with E-state index in [-0.39, 0.29) is 11.4 Å². The molecule has 0 atom stereocenters. The molecule has 6 heteroatoms. The summed E-state index contributed by atoms with van der Waals surface area (Å²) < 4.78 is 2.27. The van der Waals surface area contributed by atoms with Crippen molar-refractivity contribution in [3.63, 3.8) is 0 Å². The summed E-state index contributed by atoms with van der Waals surface area (Å²) in [6.45, 7) is 1.87. The molecule has 0 aliphatic carbocycles. The average molecular weight is 297 g/mol. The molecule has 17 heavy (non-hydrogen) atoms. The first-order valence-electron chi connectivity index (χ1n) is 4.77. The van der Waals surface area contributed by atoms with Crippen LogP contribution < -0.4 is 0 Å². The third-order valence-electron chi connectivity index (χ3n) is 2.30. The van der Waals surface area contributed by atoms with Crippen molar-refractivity contribution in [3.05, 3.63) is 40.1 Å². The number of halogens is 1. The lowest BCUT2D eigenvalue weighted by molar-refractivity contribution is 0.0687. The van der Waals surface area contributed by atoms with E-state index >= 15 is 0 Å². The number of carboxylic acids is 1. The maximum Gasteiger partial charge on any atom is 0.360 e. The third-order valence-corrected chi connectivity index (χ3v) is 2.80. The van der Waals surface area contributed by atoms with Crippen LogP contribution in [0.1, 0.15) is 16.1 Å². The first-order valence-corrected chi connectivity index (χ1v) is 5.57. The second kappa shape index (κ2) is 4.21. The number of nitrogens with zero attached hydrogens (tertiary/aromatic N) is 2. The van der Waals surface area contributed by atoms with Gasteiger partial charge in [0.25, 0.3) is 0 Å². The fourth-order valence-electron chi connectivity index (χ4n) is 1.52. The molecule has 0 amide bonds. The van der Waals surface area contributed by atoms with Crippen molar-refractivity contribution < 1.29 is 15.0 Å². The van der Waals surface area contributed by atoms with E-state index < -0.39 is 5.97 Å². The Hall–Kier alpha value is -1.82. The van der Waals surface area contributed by atoms with E-state index in [9.17, 15) is 9.90 Å². The van der Waals surface area contributed by atoms with Crippen molar-refractivity contribution in [2.24, 2.45) is 0 Å². The highest BCUT2D eigenvalue weighted by Gasteiger charge is 2.16. The number of rotatable bonds is 2. The Morgan fingerprint density at radius 3 is 2.71 bits per heavy atom. The second-order valence-electron chi connectivity index (χ2n) is 3.54. The van der Waals surface area contributed by atoms with Crippen molar-refractivity contribution >= 4 is 21.9 Å². The van der Waals surface area contributed by atoms with Gasteiger partial charge in [-0.05, 0) is 30.7 Å². The van der Waals surface area contributed by atoms with Crippen molar-refractivity contribution in [3.8, 4) is 11.4 Å². The molecule has 2 rings (SSSR count). The van der Waals surface area contributed by atoms with Crippen LogP contribution in [0.5, 0.6) is 5.75 Å². The van der Waals surface area contributed by atoms with Gasteiger partial charge in [-0.1, -0.05) is 15.9 Å². The predicted octanol–water partition coefficient (Wildman–Crippen LogP) is 2.35. The highest BCUT2D eigenvalue weighted by Crippen LogP contribution is 2.22. The summed E-state index contributed by atoms with van der Waals surface area (Å²) in [5.41, 5.74) is 1.28. The molecule has 1 heterocycles. The van der Waals surface area contributed by atoms with Crippen LogP contribution in [0.15, 0.2) is 28.9 Å². The summed E-state index contributed by atoms with van der Waals surface area (Å²) in [5.74, 6) is -1.60. The zero-order valence-electron chi connectivity index (χ0n) is 8.88. The Labute approximate surface area is 105 Å². The fraction of sp³-hybridized carbons (Fsp3) is 0.0909. The second-order valence-corrected chi connectivity index (χ2v) is 4.46. The molecule has 2 N–H and O–H groups in total. The number of aromatic hydroxyl groups is 1. The molecule has 1 aromatic carbocycles. The monoisotopic (exact) mass is 296 g/mol. The van der Waals surface area contributed by atoms with E-state index in [1.54, 1.807) is 6.07 Å². The summed E-state index contributed by atoms with van der Waals surface area (Å²) in [6, 6.07) is 5.49. The number of hydrogen-bond acceptors (Lipinski definition) is 3. The maximum absolute atomic E-state index is 10.8. The van der Waals surface area contributed by atoms with Crippen molar-refractivity contribution in [2.75, 3.05) is 0 Å². The quantitative estimate of drug-likeness (QED) is 0.892. The number of aromatic carboxylic acids is 1. The molecule has 0 saturated carbocycles. The predicted molar refractivity (Wildman–Crippen MR) is 64.6 cm³/mol. The maximum atomic E-state index is 10.8. The first-order chi connectivity index (χ1) is 7.99. The van der Waals surface area contributed by atoms with Crippen molar-refractivity contribution in [1.29, 1.82) is 0 Å². The van der Waals surface area contributed by atoms with Gasteiger partial charge in [0, 0.05) is 4.47 Å². The Kier molecular flexibility index (Phi) is 2.89. The molecule has 2 aromatic rings. The summed E-state index contributed by atoms with van der Waals surface area (Å²) in [7, 11) is 0. The van der Waals surface area contributed by atoms with Gasteiger partial charge in [0.05, 0.1) is 11.9 Å². The summed E-state index contributed by atoms with van der Waals surface area (Å²) in [6.07, 6.45) is 1.28. The molecular formula is C11H9BrN2O3. The van der Waals surface area contributed by atoms with Crippen LogP contribution in [0.3, 0.4) is 0 Å². The van der Waals surface area contributed by atoms with Gasteiger partial charge in [-0.3, -0.25) is 0 Å². The largest absolute Gasteiger partial charge is 0.504 e. The van der Waals surface area contributed by atoms with Crippen molar-refractivity contribution in [2.45, 2.75) is 6.92 Å². The van der Waals surface area contributed by atoms with E-state index in [2.05, 4.69) is 21.0 Å². The van der Waals surface area contributed by atoms with E-state index in [0.29, 0.717) is 0 Å². The molecule has 0 radical (unpaired) electrons. The lowest BCUT2D eigenvalue weighted by Gasteiger charge is -2.05. The van der Waals surface area contributed by atoms with E-state index in [1.165, 1.54) is 10.9 Å². The van der Waals surface area contributed by atoms with E-state index in [1.807, 2.05) is 19.1 Å². The van der Waals surface area contributed by atoms with Crippen LogP contribution in [0.25, 0.3) is 5.69 Å². The Bertz CT molecular complexity index is 592. The van der Waals surface area contributed by atoms with Crippen LogP contribution >= 0.6 is 15.9 Å². The normalized spacial score (nSPS) is 10.5. The molecule has 88 valence electrons. The molecule has 0 fully saturated rings. The van der Waals surface area contributed by atoms with Gasteiger partial charge in [-0.2, -0.15) is 5.10 Å². The van der Waals surface area contributed by atoms with Gasteiger partial charge in [0.2, 0.25) is 5.69 Å². The van der Waals surface area contributed by atoms with Crippen LogP contribution in [0, 0.1) is 6.92 Å². The molecule has 5 nitrogen and oxygen atoms in total. The number of hydrogen-bond donors (Lipinski definition) is 2. The molecule has 0 aliphatic rings. The topological polar surface area (TPSA) is 75.4 Å². The first kappa shape index (κ1) is 11.7. The van der Waals surface area contributed by atoms with E-state index in [4.69, 9.17) is 5.11 Å². The molecule has 0 bridgehead atoms. The summed E-state index contributed by atoms with van der Waals surface area (Å²) >= 11 is 3.34. The SMILES string of the molecule is Cc1cc(Br)ccc1-n1cc(O)c(C(=O)O)n1. The minimum atomic E-state index is -1.25. The zero-order chi connectivity index (χ0) is 12.6. The Morgan fingerprint density at radius 2 is 2.18 bits per heavy atom. The highest BCUT2D eigenvalue weighted by atomic mass is 79.9. The van der Waals surface area contributed by atoms with Gasteiger partial charge < -0.3 is 10.2 Å². The smallest absolute Gasteiger partial charge is 0.360 e. The van der Waals surface area contributed by atoms with Gasteiger partial charge in [0.1, 0.15) is 0 Å². The Morgan fingerprint density at radius 1 is 1.47 bits per heavy atom. The number of aromatic nitrogens is 2. The zero-order valence-corrected chi connectivity index (χ0v) is 10.5. The van der Waals surface area contributed by atoms with Crippen LogP contribution in [-0.2, 0) is 0 Å². The summed E-state index contributed by atoms with van der Waals surface area (Å²) in [4.78, 5) is 10.8. The van der Waals surface area contributed by atoms with E-state index in [0.717, 1.165) is 15.7 Å². The molecule has 0 aliphatic heterocycles. The standard InChI is InChI=1S/C11H9BrN2O3/c1-6-4-7(12)2-3-8(6)14-5-9(15)10(13-14)11(16)17/h2-5,15H,1H3,(H,16,17). The molecule has 0 spiro atoms. The fourth-order valence-corrected chi connectivity index (χ4v) is 1.99. The van der Waals surface area contributed by atoms with Gasteiger partial charge in [-0.15, -0.1) is 0 Å². The molecule has 0 unspecified atom stereocenters. The van der Waals surface area contributed by atoms with Crippen LogP contribution in [-0.4, -0.2) is 26.0 Å². The number of carboxylic acid groups (broad SMARTS) is 1. The minimum absolute atomic E-state index is 0.347. The van der Waals surface area contributed by atoms with Crippen LogP contribution in [0.4, 0.5) is 0 Å². The third kappa shape index (κ3) is 2.16. The van der Waals surface area contributed by atoms with Gasteiger partial charge in [0.15, 0.2) is 5.75 Å². The molecular weight excluding hydrogens is 288 g/mol. The molecule has 0 saturated heterocycles. The number of benzene rings is 1.